The lowest BCUT2D eigenvalue weighted by Gasteiger charge is -2.28. The molecule has 0 amide bonds. The van der Waals surface area contributed by atoms with Gasteiger partial charge >= 0.3 is 0 Å². The van der Waals surface area contributed by atoms with Crippen LogP contribution in [0.5, 0.6) is 5.75 Å². The lowest BCUT2D eigenvalue weighted by Crippen LogP contribution is -2.14. The zero-order valence-electron chi connectivity index (χ0n) is 18.4. The Morgan fingerprint density at radius 2 is 1.31 bits per heavy atom. The maximum absolute atomic E-state index is 5.64. The van der Waals surface area contributed by atoms with Crippen molar-refractivity contribution in [2.45, 2.75) is 79.6 Å². The predicted octanol–water partition coefficient (Wildman–Crippen LogP) is 7.52. The Hall–Kier alpha value is -1.76. The highest BCUT2D eigenvalue weighted by Gasteiger charge is 2.24. The summed E-state index contributed by atoms with van der Waals surface area (Å²) in [6.07, 6.45) is 0. The Bertz CT molecular complexity index is 760. The number of ether oxygens (including phenoxy) is 1. The Kier molecular flexibility index (Phi) is 5.90. The SMILES string of the molecule is COc1ccc(C)c(-c2c(C(C)C)cc(C(C)(C)C)cc2C(C)C)c1C. The van der Waals surface area contributed by atoms with Crippen LogP contribution >= 0.6 is 0 Å². The van der Waals surface area contributed by atoms with E-state index >= 15 is 0 Å². The summed E-state index contributed by atoms with van der Waals surface area (Å²) >= 11 is 0. The van der Waals surface area contributed by atoms with Crippen molar-refractivity contribution in [2.75, 3.05) is 7.11 Å². The monoisotopic (exact) mass is 352 g/mol. The second-order valence-corrected chi connectivity index (χ2v) is 9.17. The van der Waals surface area contributed by atoms with Gasteiger partial charge in [0.05, 0.1) is 7.11 Å². The van der Waals surface area contributed by atoms with Crippen LogP contribution in [0.3, 0.4) is 0 Å². The third kappa shape index (κ3) is 3.82. The van der Waals surface area contributed by atoms with Gasteiger partial charge in [-0.1, -0.05) is 66.7 Å². The minimum Gasteiger partial charge on any atom is -0.496 e. The summed E-state index contributed by atoms with van der Waals surface area (Å²) in [7, 11) is 1.76. The summed E-state index contributed by atoms with van der Waals surface area (Å²) < 4.78 is 5.64. The molecule has 0 heterocycles. The van der Waals surface area contributed by atoms with Crippen molar-refractivity contribution in [3.05, 3.63) is 52.1 Å². The van der Waals surface area contributed by atoms with Crippen LogP contribution in [-0.2, 0) is 5.41 Å². The van der Waals surface area contributed by atoms with Gasteiger partial charge in [-0.2, -0.15) is 0 Å². The Morgan fingerprint density at radius 1 is 0.808 bits per heavy atom. The quantitative estimate of drug-likeness (QED) is 0.552. The molecule has 1 nitrogen and oxygen atoms in total. The number of aryl methyl sites for hydroxylation is 1. The van der Waals surface area contributed by atoms with Gasteiger partial charge in [-0.05, 0) is 76.1 Å². The fourth-order valence-corrected chi connectivity index (χ4v) is 3.75. The van der Waals surface area contributed by atoms with E-state index in [1.807, 2.05) is 0 Å². The molecule has 0 aliphatic rings. The van der Waals surface area contributed by atoms with E-state index < -0.39 is 0 Å². The Morgan fingerprint density at radius 3 is 1.69 bits per heavy atom. The molecule has 0 saturated carbocycles. The van der Waals surface area contributed by atoms with Gasteiger partial charge in [-0.25, -0.2) is 0 Å². The molecule has 2 rings (SSSR count). The minimum atomic E-state index is 0.143. The Balaban J connectivity index is 2.97. The van der Waals surface area contributed by atoms with E-state index in [2.05, 4.69) is 86.6 Å². The van der Waals surface area contributed by atoms with Gasteiger partial charge in [0.1, 0.15) is 5.75 Å². The molecule has 2 aromatic rings. The summed E-state index contributed by atoms with van der Waals surface area (Å²) in [5.41, 5.74) is 9.77. The van der Waals surface area contributed by atoms with Crippen molar-refractivity contribution < 1.29 is 4.74 Å². The van der Waals surface area contributed by atoms with Gasteiger partial charge in [0, 0.05) is 0 Å². The van der Waals surface area contributed by atoms with Crippen molar-refractivity contribution in [1.29, 1.82) is 0 Å². The molecule has 0 fully saturated rings. The van der Waals surface area contributed by atoms with Gasteiger partial charge < -0.3 is 4.74 Å². The average molecular weight is 353 g/mol. The number of methoxy groups -OCH3 is 1. The molecule has 26 heavy (non-hydrogen) atoms. The molecule has 0 atom stereocenters. The van der Waals surface area contributed by atoms with Crippen LogP contribution in [0, 0.1) is 13.8 Å². The first-order valence-electron chi connectivity index (χ1n) is 9.81. The second kappa shape index (κ2) is 7.47. The highest BCUT2D eigenvalue weighted by atomic mass is 16.5. The van der Waals surface area contributed by atoms with Crippen molar-refractivity contribution in [3.63, 3.8) is 0 Å². The van der Waals surface area contributed by atoms with E-state index in [1.54, 1.807) is 7.11 Å². The van der Waals surface area contributed by atoms with Crippen LogP contribution in [0.25, 0.3) is 11.1 Å². The molecule has 0 saturated heterocycles. The molecule has 0 radical (unpaired) electrons. The van der Waals surface area contributed by atoms with Crippen LogP contribution in [0.1, 0.15) is 88.1 Å². The number of hydrogen-bond acceptors (Lipinski definition) is 1. The highest BCUT2D eigenvalue weighted by molar-refractivity contribution is 5.80. The van der Waals surface area contributed by atoms with Crippen LogP contribution in [0.4, 0.5) is 0 Å². The fourth-order valence-electron chi connectivity index (χ4n) is 3.75. The predicted molar refractivity (Wildman–Crippen MR) is 115 cm³/mol. The van der Waals surface area contributed by atoms with Gasteiger partial charge in [0.25, 0.3) is 0 Å². The number of rotatable bonds is 4. The minimum absolute atomic E-state index is 0.143. The summed E-state index contributed by atoms with van der Waals surface area (Å²) in [6, 6.07) is 9.14. The standard InChI is InChI=1S/C25H36O/c1-15(2)20-13-19(25(7,8)9)14-21(16(3)4)24(20)23-17(5)11-12-22(26-10)18(23)6/h11-16H,1-10H3. The first-order chi connectivity index (χ1) is 12.0. The largest absolute Gasteiger partial charge is 0.496 e. The van der Waals surface area contributed by atoms with Crippen molar-refractivity contribution >= 4 is 0 Å². The number of hydrogen-bond donors (Lipinski definition) is 0. The van der Waals surface area contributed by atoms with E-state index in [0.717, 1.165) is 5.75 Å². The van der Waals surface area contributed by atoms with E-state index in [-0.39, 0.29) is 5.41 Å². The molecule has 0 bridgehead atoms. The summed E-state index contributed by atoms with van der Waals surface area (Å²) in [5.74, 6) is 1.90. The van der Waals surface area contributed by atoms with E-state index in [1.165, 1.54) is 38.9 Å². The fraction of sp³-hybridized carbons (Fsp3) is 0.520. The molecule has 0 aliphatic heterocycles. The van der Waals surface area contributed by atoms with Gasteiger partial charge in [0.15, 0.2) is 0 Å². The summed E-state index contributed by atoms with van der Waals surface area (Å²) in [4.78, 5) is 0. The molecule has 0 aromatic heterocycles. The normalized spacial score (nSPS) is 12.2. The van der Waals surface area contributed by atoms with Crippen molar-refractivity contribution in [1.82, 2.24) is 0 Å². The molecule has 142 valence electrons. The van der Waals surface area contributed by atoms with Gasteiger partial charge in [0.2, 0.25) is 0 Å². The van der Waals surface area contributed by atoms with E-state index in [9.17, 15) is 0 Å². The zero-order chi connectivity index (χ0) is 19.8. The lowest BCUT2D eigenvalue weighted by atomic mass is 9.76. The molecule has 1 heteroatoms. The third-order valence-electron chi connectivity index (χ3n) is 5.40. The van der Waals surface area contributed by atoms with E-state index in [4.69, 9.17) is 4.74 Å². The first-order valence-corrected chi connectivity index (χ1v) is 9.81. The molecule has 2 aromatic carbocycles. The lowest BCUT2D eigenvalue weighted by molar-refractivity contribution is 0.412. The van der Waals surface area contributed by atoms with Crippen LogP contribution in [0.15, 0.2) is 24.3 Å². The average Bonchev–Trinajstić information content (AvgIpc) is 2.53. The van der Waals surface area contributed by atoms with Crippen LogP contribution in [-0.4, -0.2) is 7.11 Å². The van der Waals surface area contributed by atoms with Crippen molar-refractivity contribution in [2.24, 2.45) is 0 Å². The zero-order valence-corrected chi connectivity index (χ0v) is 18.4. The molecular weight excluding hydrogens is 316 g/mol. The molecular formula is C25H36O. The van der Waals surface area contributed by atoms with Gasteiger partial charge in [-0.3, -0.25) is 0 Å². The first kappa shape index (κ1) is 20.6. The Labute approximate surface area is 160 Å². The third-order valence-corrected chi connectivity index (χ3v) is 5.40. The second-order valence-electron chi connectivity index (χ2n) is 9.17. The van der Waals surface area contributed by atoms with Crippen molar-refractivity contribution in [3.8, 4) is 16.9 Å². The van der Waals surface area contributed by atoms with Crippen LogP contribution < -0.4 is 4.74 Å². The van der Waals surface area contributed by atoms with Gasteiger partial charge in [-0.15, -0.1) is 0 Å². The van der Waals surface area contributed by atoms with E-state index in [0.29, 0.717) is 11.8 Å². The summed E-state index contributed by atoms with van der Waals surface area (Å²) in [5, 5.41) is 0. The highest BCUT2D eigenvalue weighted by Crippen LogP contribution is 2.43. The maximum Gasteiger partial charge on any atom is 0.122 e. The summed E-state index contributed by atoms with van der Waals surface area (Å²) in [6.45, 7) is 20.5. The molecule has 0 N–H and O–H groups in total. The topological polar surface area (TPSA) is 9.23 Å². The molecule has 0 unspecified atom stereocenters. The molecule has 0 spiro atoms. The molecule has 0 aliphatic carbocycles. The smallest absolute Gasteiger partial charge is 0.122 e. The number of benzene rings is 2. The van der Waals surface area contributed by atoms with Crippen LogP contribution in [0.2, 0.25) is 0 Å². The maximum atomic E-state index is 5.64.